The average Bonchev–Trinajstić information content (AvgIpc) is 2.11. The van der Waals surface area contributed by atoms with Crippen molar-refractivity contribution >= 4 is 11.9 Å². The van der Waals surface area contributed by atoms with E-state index in [9.17, 15) is 14.0 Å². The molecule has 0 aliphatic heterocycles. The largest absolute Gasteiger partial charge is 0.480 e. The number of nitrogens with one attached hydrogen (secondary N) is 1. The molecule has 0 bridgehead atoms. The van der Waals surface area contributed by atoms with Crippen LogP contribution in [0.2, 0.25) is 0 Å². The van der Waals surface area contributed by atoms with Crippen molar-refractivity contribution in [3.8, 4) is 0 Å². The number of hydrogen-bond donors (Lipinski definition) is 2. The number of aliphatic carboxylic acids is 1. The number of carboxylic acid groups (broad SMARTS) is 1. The Morgan fingerprint density at radius 3 is 2.25 bits per heavy atom. The van der Waals surface area contributed by atoms with Crippen molar-refractivity contribution in [2.45, 2.75) is 39.7 Å². The topological polar surface area (TPSA) is 66.4 Å². The minimum Gasteiger partial charge on any atom is -0.480 e. The van der Waals surface area contributed by atoms with Gasteiger partial charge in [0.15, 0.2) is 6.04 Å². The zero-order valence-corrected chi connectivity index (χ0v) is 10.00. The summed E-state index contributed by atoms with van der Waals surface area (Å²) in [6.07, 6.45) is 1.13. The molecule has 0 aliphatic carbocycles. The van der Waals surface area contributed by atoms with Crippen molar-refractivity contribution in [3.63, 3.8) is 0 Å². The third kappa shape index (κ3) is 6.37. The molecule has 0 aromatic carbocycles. The number of rotatable bonds is 7. The SMILES string of the molecule is CC(C)CC(C)CC(=O)NC(CF)C(=O)O. The van der Waals surface area contributed by atoms with Gasteiger partial charge in [0, 0.05) is 6.42 Å². The normalized spacial score (nSPS) is 14.6. The Kier molecular flexibility index (Phi) is 6.69. The minimum atomic E-state index is -1.42. The molecule has 0 aromatic rings. The summed E-state index contributed by atoms with van der Waals surface area (Å²) in [5, 5.41) is 10.7. The summed E-state index contributed by atoms with van der Waals surface area (Å²) in [5.41, 5.74) is 0. The van der Waals surface area contributed by atoms with Crippen molar-refractivity contribution in [1.29, 1.82) is 0 Å². The molecule has 0 aliphatic rings. The number of hydrogen-bond acceptors (Lipinski definition) is 2. The third-order valence-electron chi connectivity index (χ3n) is 2.20. The van der Waals surface area contributed by atoms with Crippen LogP contribution in [-0.4, -0.2) is 29.7 Å². The van der Waals surface area contributed by atoms with E-state index < -0.39 is 24.6 Å². The van der Waals surface area contributed by atoms with Gasteiger partial charge in [-0.25, -0.2) is 9.18 Å². The number of amides is 1. The van der Waals surface area contributed by atoms with E-state index in [-0.39, 0.29) is 12.3 Å². The van der Waals surface area contributed by atoms with Gasteiger partial charge in [-0.15, -0.1) is 0 Å². The molecular weight excluding hydrogens is 213 g/mol. The fourth-order valence-corrected chi connectivity index (χ4v) is 1.62. The van der Waals surface area contributed by atoms with Gasteiger partial charge in [0.2, 0.25) is 5.91 Å². The molecule has 0 saturated heterocycles. The molecule has 0 rings (SSSR count). The first-order valence-corrected chi connectivity index (χ1v) is 5.45. The molecule has 16 heavy (non-hydrogen) atoms. The van der Waals surface area contributed by atoms with Crippen LogP contribution in [0.15, 0.2) is 0 Å². The summed E-state index contributed by atoms with van der Waals surface area (Å²) in [6, 6.07) is -1.42. The van der Waals surface area contributed by atoms with Crippen molar-refractivity contribution in [2.24, 2.45) is 11.8 Å². The molecule has 0 heterocycles. The molecule has 0 spiro atoms. The van der Waals surface area contributed by atoms with Crippen LogP contribution in [0.3, 0.4) is 0 Å². The Morgan fingerprint density at radius 2 is 1.88 bits per heavy atom. The molecule has 1 amide bonds. The van der Waals surface area contributed by atoms with Gasteiger partial charge in [0.05, 0.1) is 0 Å². The Labute approximate surface area is 95.2 Å². The maximum absolute atomic E-state index is 12.2. The third-order valence-corrected chi connectivity index (χ3v) is 2.20. The Morgan fingerprint density at radius 1 is 1.31 bits per heavy atom. The first-order chi connectivity index (χ1) is 7.36. The first kappa shape index (κ1) is 14.9. The van der Waals surface area contributed by atoms with Crippen LogP contribution < -0.4 is 5.32 Å². The zero-order valence-electron chi connectivity index (χ0n) is 10.00. The minimum absolute atomic E-state index is 0.175. The smallest absolute Gasteiger partial charge is 0.328 e. The lowest BCUT2D eigenvalue weighted by molar-refractivity contribution is -0.142. The lowest BCUT2D eigenvalue weighted by Crippen LogP contribution is -2.42. The molecule has 2 unspecified atom stereocenters. The highest BCUT2D eigenvalue weighted by atomic mass is 19.1. The Bertz CT molecular complexity index is 243. The van der Waals surface area contributed by atoms with Crippen molar-refractivity contribution in [3.05, 3.63) is 0 Å². The number of carboxylic acids is 1. The van der Waals surface area contributed by atoms with Crippen molar-refractivity contribution in [1.82, 2.24) is 5.32 Å². The van der Waals surface area contributed by atoms with E-state index in [0.717, 1.165) is 6.42 Å². The van der Waals surface area contributed by atoms with Gasteiger partial charge in [-0.3, -0.25) is 4.79 Å². The molecule has 0 aromatic heterocycles. The number of carbonyl (C=O) groups excluding carboxylic acids is 1. The van der Waals surface area contributed by atoms with Crippen LogP contribution in [0.25, 0.3) is 0 Å². The van der Waals surface area contributed by atoms with Crippen LogP contribution in [0.4, 0.5) is 4.39 Å². The first-order valence-electron chi connectivity index (χ1n) is 5.45. The summed E-state index contributed by atoms with van der Waals surface area (Å²) in [6.45, 7) is 4.94. The Balaban J connectivity index is 4.02. The predicted octanol–water partition coefficient (Wildman–Crippen LogP) is 1.60. The summed E-state index contributed by atoms with van der Waals surface area (Å²) in [4.78, 5) is 21.8. The van der Waals surface area contributed by atoms with Gasteiger partial charge in [-0.2, -0.15) is 0 Å². The average molecular weight is 233 g/mol. The molecule has 2 atom stereocenters. The summed E-state index contributed by atoms with van der Waals surface area (Å²) in [7, 11) is 0. The van der Waals surface area contributed by atoms with E-state index in [1.165, 1.54) is 0 Å². The van der Waals surface area contributed by atoms with Crippen LogP contribution in [0.5, 0.6) is 0 Å². The van der Waals surface area contributed by atoms with E-state index in [4.69, 9.17) is 5.11 Å². The Hall–Kier alpha value is -1.13. The molecule has 94 valence electrons. The fraction of sp³-hybridized carbons (Fsp3) is 0.818. The molecule has 2 N–H and O–H groups in total. The second-order valence-corrected chi connectivity index (χ2v) is 4.55. The van der Waals surface area contributed by atoms with Gasteiger partial charge in [-0.05, 0) is 18.3 Å². The highest BCUT2D eigenvalue weighted by Gasteiger charge is 2.20. The quantitative estimate of drug-likeness (QED) is 0.702. The van der Waals surface area contributed by atoms with Gasteiger partial charge in [0.25, 0.3) is 0 Å². The van der Waals surface area contributed by atoms with Crippen LogP contribution >= 0.6 is 0 Å². The summed E-state index contributed by atoms with van der Waals surface area (Å²) >= 11 is 0. The van der Waals surface area contributed by atoms with E-state index in [2.05, 4.69) is 19.2 Å². The maximum atomic E-state index is 12.2. The molecule has 0 radical (unpaired) electrons. The second-order valence-electron chi connectivity index (χ2n) is 4.55. The molecule has 5 heteroatoms. The standard InChI is InChI=1S/C11H20FNO3/c1-7(2)4-8(3)5-10(14)13-9(6-12)11(15)16/h7-9H,4-6H2,1-3H3,(H,13,14)(H,15,16). The predicted molar refractivity (Wildman–Crippen MR) is 58.8 cm³/mol. The molecule has 4 nitrogen and oxygen atoms in total. The zero-order chi connectivity index (χ0) is 12.7. The maximum Gasteiger partial charge on any atom is 0.328 e. The highest BCUT2D eigenvalue weighted by Crippen LogP contribution is 2.14. The van der Waals surface area contributed by atoms with Crippen molar-refractivity contribution < 1.29 is 19.1 Å². The van der Waals surface area contributed by atoms with Gasteiger partial charge in [0.1, 0.15) is 6.67 Å². The lowest BCUT2D eigenvalue weighted by atomic mass is 9.96. The summed E-state index contributed by atoms with van der Waals surface area (Å²) < 4.78 is 12.2. The number of halogens is 1. The lowest BCUT2D eigenvalue weighted by Gasteiger charge is -2.15. The number of carbonyl (C=O) groups is 2. The fourth-order valence-electron chi connectivity index (χ4n) is 1.62. The van der Waals surface area contributed by atoms with Gasteiger partial charge in [-0.1, -0.05) is 20.8 Å². The number of alkyl halides is 1. The van der Waals surface area contributed by atoms with E-state index in [1.807, 2.05) is 6.92 Å². The van der Waals surface area contributed by atoms with Crippen LogP contribution in [-0.2, 0) is 9.59 Å². The molecule has 0 fully saturated rings. The van der Waals surface area contributed by atoms with Gasteiger partial charge < -0.3 is 10.4 Å². The molecular formula is C11H20FNO3. The van der Waals surface area contributed by atoms with E-state index >= 15 is 0 Å². The monoisotopic (exact) mass is 233 g/mol. The van der Waals surface area contributed by atoms with Crippen LogP contribution in [0, 0.1) is 11.8 Å². The van der Waals surface area contributed by atoms with Crippen LogP contribution in [0.1, 0.15) is 33.6 Å². The second kappa shape index (κ2) is 7.19. The summed E-state index contributed by atoms with van der Waals surface area (Å²) in [5.74, 6) is -1.08. The highest BCUT2D eigenvalue weighted by molar-refractivity contribution is 5.83. The van der Waals surface area contributed by atoms with E-state index in [1.54, 1.807) is 0 Å². The molecule has 0 saturated carbocycles. The van der Waals surface area contributed by atoms with Gasteiger partial charge >= 0.3 is 5.97 Å². The van der Waals surface area contributed by atoms with Crippen molar-refractivity contribution in [2.75, 3.05) is 6.67 Å². The van der Waals surface area contributed by atoms with E-state index in [0.29, 0.717) is 5.92 Å².